The molecule has 0 saturated carbocycles. The van der Waals surface area contributed by atoms with Gasteiger partial charge < -0.3 is 15.0 Å². The van der Waals surface area contributed by atoms with Crippen LogP contribution in [-0.2, 0) is 0 Å². The number of carbonyl (C=O) groups is 1. The van der Waals surface area contributed by atoms with Crippen LogP contribution >= 0.6 is 0 Å². The van der Waals surface area contributed by atoms with E-state index in [0.717, 1.165) is 31.1 Å². The van der Waals surface area contributed by atoms with Crippen LogP contribution in [0, 0.1) is 5.82 Å². The molecule has 1 heterocycles. The van der Waals surface area contributed by atoms with E-state index in [0.29, 0.717) is 23.5 Å². The lowest BCUT2D eigenvalue weighted by atomic mass is 10.0. The number of benzene rings is 2. The summed E-state index contributed by atoms with van der Waals surface area (Å²) in [6.07, 6.45) is 1.55. The van der Waals surface area contributed by atoms with Gasteiger partial charge in [-0.2, -0.15) is 5.10 Å². The molecule has 0 aliphatic heterocycles. The Bertz CT molecular complexity index is 1010. The van der Waals surface area contributed by atoms with Crippen LogP contribution in [0.2, 0.25) is 0 Å². The Morgan fingerprint density at radius 3 is 2.34 bits per heavy atom. The summed E-state index contributed by atoms with van der Waals surface area (Å²) in [6, 6.07) is 13.4. The summed E-state index contributed by atoms with van der Waals surface area (Å²) in [4.78, 5) is 15.3. The van der Waals surface area contributed by atoms with E-state index in [9.17, 15) is 9.18 Å². The van der Waals surface area contributed by atoms with Crippen LogP contribution in [0.1, 0.15) is 49.7 Å². The molecule has 0 radical (unpaired) electrons. The molecule has 170 valence electrons. The monoisotopic (exact) mass is 438 g/mol. The maximum atomic E-state index is 13.3. The molecule has 1 amide bonds. The molecule has 0 unspecified atom stereocenters. The molecule has 0 saturated heterocycles. The zero-order valence-corrected chi connectivity index (χ0v) is 19.1. The Hall–Kier alpha value is -3.19. The van der Waals surface area contributed by atoms with Gasteiger partial charge >= 0.3 is 0 Å². The SMILES string of the molecule is CCN(CC)CCOc1ccc(NC(=O)c2cnn(-c3ccc(F)cc3)c2C(C)C)cc1. The minimum absolute atomic E-state index is 0.0462. The smallest absolute Gasteiger partial charge is 0.259 e. The summed E-state index contributed by atoms with van der Waals surface area (Å²) in [5.74, 6) is 0.259. The first-order chi connectivity index (χ1) is 15.4. The van der Waals surface area contributed by atoms with E-state index in [1.54, 1.807) is 23.0 Å². The van der Waals surface area contributed by atoms with Crippen molar-refractivity contribution in [3.63, 3.8) is 0 Å². The number of halogens is 1. The summed E-state index contributed by atoms with van der Waals surface area (Å²) in [5.41, 5.74) is 2.64. The average molecular weight is 439 g/mol. The topological polar surface area (TPSA) is 59.4 Å². The number of amides is 1. The summed E-state index contributed by atoms with van der Waals surface area (Å²) in [7, 11) is 0. The molecule has 1 N–H and O–H groups in total. The summed E-state index contributed by atoms with van der Waals surface area (Å²) >= 11 is 0. The highest BCUT2D eigenvalue weighted by Crippen LogP contribution is 2.24. The minimum Gasteiger partial charge on any atom is -0.492 e. The number of aromatic nitrogens is 2. The number of nitrogens with zero attached hydrogens (tertiary/aromatic N) is 3. The average Bonchev–Trinajstić information content (AvgIpc) is 3.24. The third-order valence-corrected chi connectivity index (χ3v) is 5.35. The van der Waals surface area contributed by atoms with E-state index in [2.05, 4.69) is 29.2 Å². The lowest BCUT2D eigenvalue weighted by Gasteiger charge is -2.18. The van der Waals surface area contributed by atoms with Crippen molar-refractivity contribution in [1.29, 1.82) is 0 Å². The molecule has 0 bridgehead atoms. The summed E-state index contributed by atoms with van der Waals surface area (Å²) < 4.78 is 20.8. The Morgan fingerprint density at radius 2 is 1.75 bits per heavy atom. The zero-order valence-electron chi connectivity index (χ0n) is 19.1. The highest BCUT2D eigenvalue weighted by Gasteiger charge is 2.21. The number of anilines is 1. The Kier molecular flexibility index (Phi) is 8.00. The number of likely N-dealkylation sites (N-methyl/N-ethyl adjacent to an activating group) is 1. The van der Waals surface area contributed by atoms with Gasteiger partial charge in [-0.25, -0.2) is 9.07 Å². The molecule has 0 spiro atoms. The van der Waals surface area contributed by atoms with Crippen LogP contribution in [0.5, 0.6) is 5.75 Å². The Labute approximate surface area is 189 Å². The van der Waals surface area contributed by atoms with E-state index in [1.807, 2.05) is 38.1 Å². The second kappa shape index (κ2) is 10.9. The van der Waals surface area contributed by atoms with Crippen LogP contribution in [0.3, 0.4) is 0 Å². The molecule has 3 aromatic rings. The van der Waals surface area contributed by atoms with Gasteiger partial charge in [0.1, 0.15) is 18.2 Å². The van der Waals surface area contributed by atoms with Crippen LogP contribution < -0.4 is 10.1 Å². The zero-order chi connectivity index (χ0) is 23.1. The predicted octanol–water partition coefficient (Wildman–Crippen LogP) is 5.11. The van der Waals surface area contributed by atoms with Crippen molar-refractivity contribution in [2.45, 2.75) is 33.6 Å². The van der Waals surface area contributed by atoms with Crippen LogP contribution in [0.25, 0.3) is 5.69 Å². The van der Waals surface area contributed by atoms with Gasteiger partial charge in [-0.05, 0) is 67.5 Å². The van der Waals surface area contributed by atoms with E-state index in [-0.39, 0.29) is 17.6 Å². The van der Waals surface area contributed by atoms with Crippen LogP contribution in [0.15, 0.2) is 54.7 Å². The molecule has 7 heteroatoms. The van der Waals surface area contributed by atoms with Crippen molar-refractivity contribution in [2.24, 2.45) is 0 Å². The molecule has 3 rings (SSSR count). The van der Waals surface area contributed by atoms with Gasteiger partial charge in [0.2, 0.25) is 0 Å². The van der Waals surface area contributed by atoms with Crippen molar-refractivity contribution in [1.82, 2.24) is 14.7 Å². The first-order valence-electron chi connectivity index (χ1n) is 11.0. The highest BCUT2D eigenvalue weighted by atomic mass is 19.1. The van der Waals surface area contributed by atoms with Crippen LogP contribution in [0.4, 0.5) is 10.1 Å². The second-order valence-corrected chi connectivity index (χ2v) is 7.84. The van der Waals surface area contributed by atoms with E-state index >= 15 is 0 Å². The molecule has 0 atom stereocenters. The fourth-order valence-electron chi connectivity index (χ4n) is 3.54. The molecule has 0 aliphatic rings. The number of nitrogens with one attached hydrogen (secondary N) is 1. The first kappa shape index (κ1) is 23.5. The van der Waals surface area contributed by atoms with Gasteiger partial charge in [0, 0.05) is 12.2 Å². The van der Waals surface area contributed by atoms with Gasteiger partial charge in [0.15, 0.2) is 0 Å². The Balaban J connectivity index is 1.68. The molecule has 2 aromatic carbocycles. The van der Waals surface area contributed by atoms with Gasteiger partial charge in [-0.3, -0.25) is 4.79 Å². The highest BCUT2D eigenvalue weighted by molar-refractivity contribution is 6.05. The fraction of sp³-hybridized carbons (Fsp3) is 0.360. The van der Waals surface area contributed by atoms with E-state index in [4.69, 9.17) is 4.74 Å². The molecular weight excluding hydrogens is 407 g/mol. The van der Waals surface area contributed by atoms with Crippen molar-refractivity contribution in [3.8, 4) is 11.4 Å². The Morgan fingerprint density at radius 1 is 1.09 bits per heavy atom. The number of hydrogen-bond donors (Lipinski definition) is 1. The molecule has 6 nitrogen and oxygen atoms in total. The normalized spacial score (nSPS) is 11.2. The molecule has 32 heavy (non-hydrogen) atoms. The lowest BCUT2D eigenvalue weighted by molar-refractivity contribution is 0.102. The number of ether oxygens (including phenoxy) is 1. The van der Waals surface area contributed by atoms with Crippen molar-refractivity contribution >= 4 is 11.6 Å². The molecule has 0 fully saturated rings. The van der Waals surface area contributed by atoms with Crippen LogP contribution in [-0.4, -0.2) is 46.8 Å². The molecule has 1 aromatic heterocycles. The fourth-order valence-corrected chi connectivity index (χ4v) is 3.54. The lowest BCUT2D eigenvalue weighted by Crippen LogP contribution is -2.27. The largest absolute Gasteiger partial charge is 0.492 e. The summed E-state index contributed by atoms with van der Waals surface area (Å²) in [5, 5.41) is 7.32. The van der Waals surface area contributed by atoms with Crippen molar-refractivity contribution in [3.05, 3.63) is 71.8 Å². The third kappa shape index (κ3) is 5.73. The predicted molar refractivity (Wildman–Crippen MR) is 125 cm³/mol. The molecule has 0 aliphatic carbocycles. The second-order valence-electron chi connectivity index (χ2n) is 7.84. The van der Waals surface area contributed by atoms with Gasteiger partial charge in [-0.15, -0.1) is 0 Å². The molecular formula is C25H31FN4O2. The van der Waals surface area contributed by atoms with E-state index in [1.165, 1.54) is 12.1 Å². The van der Waals surface area contributed by atoms with Gasteiger partial charge in [0.05, 0.1) is 23.1 Å². The van der Waals surface area contributed by atoms with Crippen molar-refractivity contribution in [2.75, 3.05) is 31.6 Å². The maximum absolute atomic E-state index is 13.3. The quantitative estimate of drug-likeness (QED) is 0.478. The van der Waals surface area contributed by atoms with E-state index < -0.39 is 0 Å². The number of rotatable bonds is 10. The number of carbonyl (C=O) groups excluding carboxylic acids is 1. The maximum Gasteiger partial charge on any atom is 0.259 e. The summed E-state index contributed by atoms with van der Waals surface area (Å²) in [6.45, 7) is 11.8. The van der Waals surface area contributed by atoms with Gasteiger partial charge in [0.25, 0.3) is 5.91 Å². The first-order valence-corrected chi connectivity index (χ1v) is 11.0. The third-order valence-electron chi connectivity index (χ3n) is 5.35. The van der Waals surface area contributed by atoms with Gasteiger partial charge in [-0.1, -0.05) is 27.7 Å². The van der Waals surface area contributed by atoms with Crippen molar-refractivity contribution < 1.29 is 13.9 Å². The minimum atomic E-state index is -0.314. The number of hydrogen-bond acceptors (Lipinski definition) is 4. The standard InChI is InChI=1S/C25H31FN4O2/c1-5-29(6-2)15-16-32-22-13-9-20(10-14-22)28-25(31)23-17-27-30(24(23)18(3)4)21-11-7-19(26)8-12-21/h7-14,17-18H,5-6,15-16H2,1-4H3,(H,28,31).